The number of nitrogens with one attached hydrogen (secondary N) is 1. The van der Waals surface area contributed by atoms with Crippen LogP contribution >= 0.6 is 22.6 Å². The van der Waals surface area contributed by atoms with Crippen LogP contribution in [0.5, 0.6) is 5.75 Å². The van der Waals surface area contributed by atoms with E-state index in [0.29, 0.717) is 39.2 Å². The van der Waals surface area contributed by atoms with E-state index in [2.05, 4.69) is 32.8 Å². The minimum absolute atomic E-state index is 0.00340. The minimum atomic E-state index is -0.953. The van der Waals surface area contributed by atoms with E-state index in [1.54, 1.807) is 12.1 Å². The predicted molar refractivity (Wildman–Crippen MR) is 144 cm³/mol. The Morgan fingerprint density at radius 3 is 2.31 bits per heavy atom. The van der Waals surface area contributed by atoms with Gasteiger partial charge in [-0.05, 0) is 80.0 Å². The molecule has 35 heavy (non-hydrogen) atoms. The first kappa shape index (κ1) is 27.4. The molecule has 1 aliphatic heterocycles. The fraction of sp³-hybridized carbons (Fsp3) is 0.481. The van der Waals surface area contributed by atoms with Gasteiger partial charge in [-0.15, -0.1) is 0 Å². The number of amides is 1. The summed E-state index contributed by atoms with van der Waals surface area (Å²) in [6.07, 6.45) is 2.93. The molecule has 7 nitrogen and oxygen atoms in total. The van der Waals surface area contributed by atoms with Crippen molar-refractivity contribution in [2.24, 2.45) is 0 Å². The van der Waals surface area contributed by atoms with Crippen LogP contribution in [-0.4, -0.2) is 65.8 Å². The number of hydrogen-bond acceptors (Lipinski definition) is 5. The summed E-state index contributed by atoms with van der Waals surface area (Å²) in [6, 6.07) is 14.8. The van der Waals surface area contributed by atoms with Gasteiger partial charge in [-0.2, -0.15) is 0 Å². The van der Waals surface area contributed by atoms with Crippen LogP contribution in [-0.2, 0) is 15.1 Å². The summed E-state index contributed by atoms with van der Waals surface area (Å²) < 4.78 is 11.5. The highest BCUT2D eigenvalue weighted by atomic mass is 127. The van der Waals surface area contributed by atoms with Gasteiger partial charge >= 0.3 is 5.97 Å². The maximum atomic E-state index is 13.7. The molecule has 0 radical (unpaired) electrons. The summed E-state index contributed by atoms with van der Waals surface area (Å²) in [5.41, 5.74) is 1.26. The lowest BCUT2D eigenvalue weighted by molar-refractivity contribution is -0.140. The van der Waals surface area contributed by atoms with Gasteiger partial charge in [-0.25, -0.2) is 4.79 Å². The zero-order valence-electron chi connectivity index (χ0n) is 20.7. The third kappa shape index (κ3) is 6.54. The van der Waals surface area contributed by atoms with E-state index in [1.807, 2.05) is 55.3 Å². The lowest BCUT2D eigenvalue weighted by Crippen LogP contribution is -2.62. The molecular formula is C27H35IN2O5. The molecule has 2 N–H and O–H groups in total. The van der Waals surface area contributed by atoms with Crippen molar-refractivity contribution in [2.75, 3.05) is 38.3 Å². The minimum Gasteiger partial charge on any atom is -0.492 e. The van der Waals surface area contributed by atoms with Crippen molar-refractivity contribution in [1.82, 2.24) is 10.2 Å². The molecule has 4 rings (SSSR count). The van der Waals surface area contributed by atoms with Gasteiger partial charge in [0.1, 0.15) is 17.9 Å². The normalized spacial score (nSPS) is 17.6. The maximum Gasteiger partial charge on any atom is 0.335 e. The van der Waals surface area contributed by atoms with Crippen molar-refractivity contribution < 1.29 is 24.2 Å². The molecule has 0 spiro atoms. The fourth-order valence-electron chi connectivity index (χ4n) is 4.59. The number of rotatable bonds is 9. The van der Waals surface area contributed by atoms with Crippen molar-refractivity contribution in [3.63, 3.8) is 0 Å². The topological polar surface area (TPSA) is 88.1 Å². The van der Waals surface area contributed by atoms with Gasteiger partial charge in [0.05, 0.1) is 11.1 Å². The average molecular weight is 594 g/mol. The number of benzene rings is 2. The Labute approximate surface area is 221 Å². The third-order valence-corrected chi connectivity index (χ3v) is 6.95. The SMILES string of the molecule is CI.Cc1cccc(OCCN(C)C2(C(=O)NC3(c4ccc(C(=O)O)cc4)CC3)CCOCC2)c1. The Bertz CT molecular complexity index is 1000. The second kappa shape index (κ2) is 12.2. The van der Waals surface area contributed by atoms with Gasteiger partial charge in [-0.3, -0.25) is 9.69 Å². The average Bonchev–Trinajstić information content (AvgIpc) is 3.66. The zero-order valence-corrected chi connectivity index (χ0v) is 22.8. The predicted octanol–water partition coefficient (Wildman–Crippen LogP) is 4.41. The second-order valence-electron chi connectivity index (χ2n) is 9.15. The molecule has 0 bridgehead atoms. The first-order valence-electron chi connectivity index (χ1n) is 11.9. The lowest BCUT2D eigenvalue weighted by Gasteiger charge is -2.43. The molecule has 8 heteroatoms. The first-order valence-corrected chi connectivity index (χ1v) is 14.0. The van der Waals surface area contributed by atoms with Crippen LogP contribution in [0.4, 0.5) is 0 Å². The van der Waals surface area contributed by atoms with Crippen molar-refractivity contribution in [1.29, 1.82) is 0 Å². The van der Waals surface area contributed by atoms with E-state index in [9.17, 15) is 9.59 Å². The van der Waals surface area contributed by atoms with E-state index < -0.39 is 17.0 Å². The molecule has 2 aromatic rings. The summed E-state index contributed by atoms with van der Waals surface area (Å²) in [6.45, 7) is 4.20. The van der Waals surface area contributed by atoms with Gasteiger partial charge in [-0.1, -0.05) is 46.9 Å². The highest BCUT2D eigenvalue weighted by Gasteiger charge is 2.51. The smallest absolute Gasteiger partial charge is 0.335 e. The summed E-state index contributed by atoms with van der Waals surface area (Å²) in [4.78, 5) is 28.9. The largest absolute Gasteiger partial charge is 0.492 e. The summed E-state index contributed by atoms with van der Waals surface area (Å²) >= 11 is 2.15. The van der Waals surface area contributed by atoms with E-state index in [0.717, 1.165) is 29.7 Å². The van der Waals surface area contributed by atoms with Crippen LogP contribution in [0, 0.1) is 6.92 Å². The molecule has 1 heterocycles. The van der Waals surface area contributed by atoms with Crippen molar-refractivity contribution in [2.45, 2.75) is 43.7 Å². The van der Waals surface area contributed by atoms with Crippen LogP contribution in [0.1, 0.15) is 47.2 Å². The van der Waals surface area contributed by atoms with E-state index in [1.165, 1.54) is 0 Å². The van der Waals surface area contributed by atoms with E-state index in [-0.39, 0.29) is 11.5 Å². The third-order valence-electron chi connectivity index (χ3n) is 6.95. The fourth-order valence-corrected chi connectivity index (χ4v) is 4.59. The summed E-state index contributed by atoms with van der Waals surface area (Å²) in [5.74, 6) is -0.120. The number of carboxylic acid groups (broad SMARTS) is 1. The van der Waals surface area contributed by atoms with Crippen LogP contribution < -0.4 is 10.1 Å². The number of aryl methyl sites for hydroxylation is 1. The highest BCUT2D eigenvalue weighted by molar-refractivity contribution is 14.1. The molecule has 2 fully saturated rings. The number of hydrogen-bond donors (Lipinski definition) is 2. The molecule has 0 unspecified atom stereocenters. The van der Waals surface area contributed by atoms with Crippen LogP contribution in [0.3, 0.4) is 0 Å². The van der Waals surface area contributed by atoms with Gasteiger partial charge in [0.15, 0.2) is 0 Å². The van der Waals surface area contributed by atoms with Crippen molar-refractivity contribution in [3.8, 4) is 5.75 Å². The number of alkyl halides is 1. The van der Waals surface area contributed by atoms with Crippen LogP contribution in [0.25, 0.3) is 0 Å². The summed E-state index contributed by atoms with van der Waals surface area (Å²) in [5, 5.41) is 12.5. The number of ether oxygens (including phenoxy) is 2. The Kier molecular flexibility index (Phi) is 9.54. The molecule has 0 atom stereocenters. The number of likely N-dealkylation sites (N-methyl/N-ethyl adjacent to an activating group) is 1. The van der Waals surface area contributed by atoms with Crippen molar-refractivity contribution >= 4 is 34.5 Å². The Balaban J connectivity index is 0.00000167. The highest BCUT2D eigenvalue weighted by Crippen LogP contribution is 2.46. The molecule has 0 aromatic heterocycles. The van der Waals surface area contributed by atoms with Gasteiger partial charge in [0, 0.05) is 19.8 Å². The maximum absolute atomic E-state index is 13.7. The molecule has 1 saturated heterocycles. The number of nitrogens with zero attached hydrogens (tertiary/aromatic N) is 1. The molecule has 2 aromatic carbocycles. The molecule has 190 valence electrons. The Morgan fingerprint density at radius 2 is 1.74 bits per heavy atom. The number of carbonyl (C=O) groups is 2. The van der Waals surface area contributed by atoms with E-state index >= 15 is 0 Å². The van der Waals surface area contributed by atoms with E-state index in [4.69, 9.17) is 14.6 Å². The molecule has 1 amide bonds. The van der Waals surface area contributed by atoms with Gasteiger partial charge in [0.2, 0.25) is 5.91 Å². The Hall–Kier alpha value is -2.17. The standard InChI is InChI=1S/C26H32N2O5.CH3I/c1-19-4-3-5-22(18-19)33-17-14-28(2)26(12-15-32-16-13-26)24(31)27-25(10-11-25)21-8-6-20(7-9-21)23(29)30;1-2/h3-9,18H,10-17H2,1-2H3,(H,27,31)(H,29,30);1H3. The Morgan fingerprint density at radius 1 is 1.09 bits per heavy atom. The van der Waals surface area contributed by atoms with Crippen LogP contribution in [0.2, 0.25) is 0 Å². The summed E-state index contributed by atoms with van der Waals surface area (Å²) in [7, 11) is 1.98. The number of aromatic carboxylic acids is 1. The quantitative estimate of drug-likeness (QED) is 0.331. The zero-order chi connectivity index (χ0) is 25.5. The number of carbonyl (C=O) groups excluding carboxylic acids is 1. The second-order valence-corrected chi connectivity index (χ2v) is 9.15. The van der Waals surface area contributed by atoms with Gasteiger partial charge < -0.3 is 19.9 Å². The lowest BCUT2D eigenvalue weighted by atomic mass is 9.86. The molecular weight excluding hydrogens is 559 g/mol. The molecule has 1 saturated carbocycles. The number of halogens is 1. The van der Waals surface area contributed by atoms with Crippen molar-refractivity contribution in [3.05, 3.63) is 65.2 Å². The number of carboxylic acids is 1. The monoisotopic (exact) mass is 594 g/mol. The van der Waals surface area contributed by atoms with Gasteiger partial charge in [0.25, 0.3) is 0 Å². The molecule has 1 aliphatic carbocycles. The first-order chi connectivity index (χ1) is 16.8. The van der Waals surface area contributed by atoms with Crippen LogP contribution in [0.15, 0.2) is 48.5 Å². The molecule has 2 aliphatic rings.